The number of hydrogen-bond donors (Lipinski definition) is 2. The number of carbonyl (C=O) groups is 1. The summed E-state index contributed by atoms with van der Waals surface area (Å²) >= 11 is 5.76. The zero-order valence-electron chi connectivity index (χ0n) is 13.1. The van der Waals surface area contributed by atoms with Crippen molar-refractivity contribution in [2.75, 3.05) is 6.54 Å². The Balaban J connectivity index is 2.22. The number of rotatable bonds is 5. The number of aromatic nitrogens is 3. The van der Waals surface area contributed by atoms with Crippen molar-refractivity contribution < 1.29 is 14.3 Å². The first-order chi connectivity index (χ1) is 10.7. The molecule has 0 bridgehead atoms. The molecule has 0 aliphatic heterocycles. The lowest BCUT2D eigenvalue weighted by molar-refractivity contribution is 0.0517. The van der Waals surface area contributed by atoms with Crippen molar-refractivity contribution in [1.82, 2.24) is 20.3 Å². The fourth-order valence-corrected chi connectivity index (χ4v) is 2.06. The summed E-state index contributed by atoms with van der Waals surface area (Å²) in [6.45, 7) is 5.24. The first-order valence-electron chi connectivity index (χ1n) is 7.13. The summed E-state index contributed by atoms with van der Waals surface area (Å²) in [5, 5.41) is 20.3. The van der Waals surface area contributed by atoms with E-state index in [0.29, 0.717) is 17.8 Å². The van der Waals surface area contributed by atoms with Crippen LogP contribution in [0.25, 0.3) is 5.69 Å². The van der Waals surface area contributed by atoms with Crippen LogP contribution in [0.2, 0.25) is 5.02 Å². The maximum absolute atomic E-state index is 13.2. The molecule has 0 aliphatic carbocycles. The van der Waals surface area contributed by atoms with Crippen molar-refractivity contribution in [3.63, 3.8) is 0 Å². The molecule has 0 aliphatic rings. The summed E-state index contributed by atoms with van der Waals surface area (Å²) in [4.78, 5) is 12.2. The average Bonchev–Trinajstić information content (AvgIpc) is 2.89. The maximum atomic E-state index is 13.2. The minimum absolute atomic E-state index is 0.0394. The van der Waals surface area contributed by atoms with Gasteiger partial charge in [0.25, 0.3) is 5.91 Å². The molecule has 1 heterocycles. The van der Waals surface area contributed by atoms with Crippen LogP contribution in [0.4, 0.5) is 4.39 Å². The minimum Gasteiger partial charge on any atom is -0.388 e. The zero-order chi connectivity index (χ0) is 17.2. The van der Waals surface area contributed by atoms with E-state index >= 15 is 0 Å². The van der Waals surface area contributed by atoms with Crippen molar-refractivity contribution in [3.05, 3.63) is 40.4 Å². The number of carbonyl (C=O) groups excluding carboxylic acids is 1. The van der Waals surface area contributed by atoms with Crippen LogP contribution in [0.1, 0.15) is 36.5 Å². The lowest BCUT2D eigenvalue weighted by Gasteiger charge is -2.21. The molecule has 124 valence electrons. The Bertz CT molecular complexity index is 730. The van der Waals surface area contributed by atoms with Crippen LogP contribution in [0.5, 0.6) is 0 Å². The van der Waals surface area contributed by atoms with E-state index in [1.54, 1.807) is 13.8 Å². The van der Waals surface area contributed by atoms with E-state index in [1.165, 1.54) is 22.9 Å². The van der Waals surface area contributed by atoms with Gasteiger partial charge in [0.05, 0.1) is 22.0 Å². The van der Waals surface area contributed by atoms with Crippen LogP contribution >= 0.6 is 11.6 Å². The second-order valence-corrected chi connectivity index (χ2v) is 5.97. The van der Waals surface area contributed by atoms with Crippen LogP contribution < -0.4 is 5.32 Å². The number of nitrogens with one attached hydrogen (secondary N) is 1. The van der Waals surface area contributed by atoms with Crippen LogP contribution in [-0.4, -0.2) is 38.2 Å². The van der Waals surface area contributed by atoms with Crippen LogP contribution in [0.15, 0.2) is 18.2 Å². The third-order valence-corrected chi connectivity index (χ3v) is 3.94. The molecule has 2 aromatic rings. The van der Waals surface area contributed by atoms with E-state index in [9.17, 15) is 14.3 Å². The van der Waals surface area contributed by atoms with E-state index < -0.39 is 17.3 Å². The van der Waals surface area contributed by atoms with Gasteiger partial charge < -0.3 is 10.4 Å². The molecule has 23 heavy (non-hydrogen) atoms. The molecule has 0 spiro atoms. The Hall–Kier alpha value is -1.99. The van der Waals surface area contributed by atoms with E-state index in [2.05, 4.69) is 15.6 Å². The molecule has 0 radical (unpaired) electrons. The SMILES string of the molecule is CC[C@@](C)(O)CNC(=O)c1nnn(-c2ccc(F)c(Cl)c2)c1C. The van der Waals surface area contributed by atoms with Crippen LogP contribution in [0, 0.1) is 12.7 Å². The number of hydrogen-bond acceptors (Lipinski definition) is 4. The molecule has 2 N–H and O–H groups in total. The first-order valence-corrected chi connectivity index (χ1v) is 7.51. The summed E-state index contributed by atoms with van der Waals surface area (Å²) in [7, 11) is 0. The summed E-state index contributed by atoms with van der Waals surface area (Å²) in [5.74, 6) is -0.969. The van der Waals surface area contributed by atoms with Gasteiger partial charge in [-0.05, 0) is 38.5 Å². The zero-order valence-corrected chi connectivity index (χ0v) is 13.9. The average molecular weight is 341 g/mol. The number of amides is 1. The van der Waals surface area contributed by atoms with E-state index in [-0.39, 0.29) is 17.3 Å². The number of halogens is 2. The molecule has 1 aromatic carbocycles. The Morgan fingerprint density at radius 2 is 2.22 bits per heavy atom. The summed E-state index contributed by atoms with van der Waals surface area (Å²) in [5.41, 5.74) is 0.143. The second-order valence-electron chi connectivity index (χ2n) is 5.57. The van der Waals surface area contributed by atoms with Crippen molar-refractivity contribution in [2.24, 2.45) is 0 Å². The van der Waals surface area contributed by atoms with Crippen molar-refractivity contribution in [3.8, 4) is 5.69 Å². The molecule has 1 amide bonds. The smallest absolute Gasteiger partial charge is 0.273 e. The maximum Gasteiger partial charge on any atom is 0.273 e. The molecule has 1 aromatic heterocycles. The van der Waals surface area contributed by atoms with E-state index in [0.717, 1.165) is 0 Å². The highest BCUT2D eigenvalue weighted by molar-refractivity contribution is 6.30. The van der Waals surface area contributed by atoms with Crippen molar-refractivity contribution in [2.45, 2.75) is 32.8 Å². The molecular formula is C15H18ClFN4O2. The molecule has 0 saturated heterocycles. The molecule has 8 heteroatoms. The van der Waals surface area contributed by atoms with Crippen molar-refractivity contribution in [1.29, 1.82) is 0 Å². The Morgan fingerprint density at radius 1 is 1.52 bits per heavy atom. The Labute approximate surface area is 138 Å². The first kappa shape index (κ1) is 17.4. The van der Waals surface area contributed by atoms with Gasteiger partial charge in [-0.2, -0.15) is 0 Å². The summed E-state index contributed by atoms with van der Waals surface area (Å²) < 4.78 is 14.6. The van der Waals surface area contributed by atoms with Gasteiger partial charge in [0.15, 0.2) is 5.69 Å². The fraction of sp³-hybridized carbons (Fsp3) is 0.400. The predicted molar refractivity (Wildman–Crippen MR) is 84.3 cm³/mol. The monoisotopic (exact) mass is 340 g/mol. The second kappa shape index (κ2) is 6.64. The third-order valence-electron chi connectivity index (χ3n) is 3.65. The van der Waals surface area contributed by atoms with Crippen LogP contribution in [-0.2, 0) is 0 Å². The highest BCUT2D eigenvalue weighted by Gasteiger charge is 2.22. The number of benzene rings is 1. The topological polar surface area (TPSA) is 80.0 Å². The number of aliphatic hydroxyl groups is 1. The Kier molecular flexibility index (Phi) is 5.01. The predicted octanol–water partition coefficient (Wildman–Crippen LogP) is 2.26. The summed E-state index contributed by atoms with van der Waals surface area (Å²) in [6.07, 6.45) is 0.507. The van der Waals surface area contributed by atoms with Crippen LogP contribution in [0.3, 0.4) is 0 Å². The van der Waals surface area contributed by atoms with E-state index in [1.807, 2.05) is 6.92 Å². The lowest BCUT2D eigenvalue weighted by atomic mass is 10.0. The minimum atomic E-state index is -0.982. The van der Waals surface area contributed by atoms with Gasteiger partial charge in [-0.25, -0.2) is 9.07 Å². The lowest BCUT2D eigenvalue weighted by Crippen LogP contribution is -2.40. The van der Waals surface area contributed by atoms with Crippen molar-refractivity contribution >= 4 is 17.5 Å². The normalized spacial score (nSPS) is 13.7. The van der Waals surface area contributed by atoms with Gasteiger partial charge in [0.2, 0.25) is 0 Å². The quantitative estimate of drug-likeness (QED) is 0.875. The third kappa shape index (κ3) is 3.86. The molecule has 0 fully saturated rings. The van der Waals surface area contributed by atoms with Gasteiger partial charge in [-0.15, -0.1) is 5.10 Å². The summed E-state index contributed by atoms with van der Waals surface area (Å²) in [6, 6.07) is 4.12. The van der Waals surface area contributed by atoms with Gasteiger partial charge in [0, 0.05) is 6.54 Å². The molecule has 6 nitrogen and oxygen atoms in total. The number of nitrogens with zero attached hydrogens (tertiary/aromatic N) is 3. The molecule has 2 rings (SSSR count). The Morgan fingerprint density at radius 3 is 2.83 bits per heavy atom. The fourth-order valence-electron chi connectivity index (χ4n) is 1.88. The molecule has 1 atom stereocenters. The van der Waals surface area contributed by atoms with Gasteiger partial charge in [0.1, 0.15) is 5.82 Å². The van der Waals surface area contributed by atoms with Gasteiger partial charge in [-0.3, -0.25) is 4.79 Å². The molecular weight excluding hydrogens is 323 g/mol. The van der Waals surface area contributed by atoms with Gasteiger partial charge >= 0.3 is 0 Å². The molecule has 0 saturated carbocycles. The highest BCUT2D eigenvalue weighted by atomic mass is 35.5. The molecule has 0 unspecified atom stereocenters. The largest absolute Gasteiger partial charge is 0.388 e. The highest BCUT2D eigenvalue weighted by Crippen LogP contribution is 2.20. The standard InChI is InChI=1S/C15H18ClFN4O2/c1-4-15(3,23)8-18-14(22)13-9(2)21(20-19-13)10-5-6-12(17)11(16)7-10/h5-7,23H,4,8H2,1-3H3,(H,18,22)/t15-/m1/s1. The van der Waals surface area contributed by atoms with Gasteiger partial charge in [-0.1, -0.05) is 23.7 Å². The van der Waals surface area contributed by atoms with E-state index in [4.69, 9.17) is 11.6 Å².